The Morgan fingerprint density at radius 1 is 1.20 bits per heavy atom. The molecule has 0 aromatic heterocycles. The number of esters is 1. The molecule has 0 spiro atoms. The van der Waals surface area contributed by atoms with Crippen LogP contribution in [-0.2, 0) is 14.9 Å². The molecule has 3 nitrogen and oxygen atoms in total. The van der Waals surface area contributed by atoms with Gasteiger partial charge in [0.2, 0.25) is 0 Å². The van der Waals surface area contributed by atoms with Crippen LogP contribution in [0.1, 0.15) is 51.5 Å². The minimum atomic E-state index is -0.376. The third kappa shape index (κ3) is 4.03. The van der Waals surface area contributed by atoms with Gasteiger partial charge in [-0.3, -0.25) is 4.79 Å². The summed E-state index contributed by atoms with van der Waals surface area (Å²) in [7, 11) is 0. The summed E-state index contributed by atoms with van der Waals surface area (Å²) in [5, 5.41) is 0. The highest BCUT2D eigenvalue weighted by Crippen LogP contribution is 2.57. The van der Waals surface area contributed by atoms with Crippen molar-refractivity contribution < 1.29 is 9.53 Å². The van der Waals surface area contributed by atoms with E-state index in [1.807, 2.05) is 6.07 Å². The quantitative estimate of drug-likeness (QED) is 0.503. The predicted molar refractivity (Wildman–Crippen MR) is 104 cm³/mol. The van der Waals surface area contributed by atoms with Crippen molar-refractivity contribution in [1.82, 2.24) is 4.90 Å². The van der Waals surface area contributed by atoms with Crippen molar-refractivity contribution >= 4 is 18.4 Å². The van der Waals surface area contributed by atoms with Gasteiger partial charge in [0, 0.05) is 6.54 Å². The molecular weight excluding hydrogens is 334 g/mol. The number of fused-ring (bicyclic) bond motifs is 2. The van der Waals surface area contributed by atoms with Gasteiger partial charge in [0.15, 0.2) is 0 Å². The smallest absolute Gasteiger partial charge is 0.316 e. The normalized spacial score (nSPS) is 27.3. The summed E-state index contributed by atoms with van der Waals surface area (Å²) in [6.07, 6.45) is 5.56. The van der Waals surface area contributed by atoms with E-state index in [9.17, 15) is 4.79 Å². The molecule has 0 heterocycles. The molecular formula is C21H32ClNO2. The topological polar surface area (TPSA) is 29.5 Å². The van der Waals surface area contributed by atoms with Crippen LogP contribution in [0.4, 0.5) is 0 Å². The number of carbonyl (C=O) groups is 1. The maximum atomic E-state index is 13.1. The summed E-state index contributed by atoms with van der Waals surface area (Å²) in [6.45, 7) is 8.01. The Bertz CT molecular complexity index is 546. The lowest BCUT2D eigenvalue weighted by molar-refractivity contribution is -0.153. The van der Waals surface area contributed by atoms with Crippen molar-refractivity contribution in [2.24, 2.45) is 11.8 Å². The number of carbonyl (C=O) groups excluding carboxylic acids is 1. The highest BCUT2D eigenvalue weighted by atomic mass is 35.5. The van der Waals surface area contributed by atoms with Crippen molar-refractivity contribution in [2.75, 3.05) is 26.2 Å². The Hall–Kier alpha value is -1.06. The Labute approximate surface area is 158 Å². The predicted octanol–water partition coefficient (Wildman–Crippen LogP) is 4.44. The van der Waals surface area contributed by atoms with Crippen LogP contribution in [-0.4, -0.2) is 37.1 Å². The first-order chi connectivity index (χ1) is 11.7. The van der Waals surface area contributed by atoms with Crippen LogP contribution in [0.15, 0.2) is 30.3 Å². The van der Waals surface area contributed by atoms with Gasteiger partial charge in [-0.25, -0.2) is 0 Å². The summed E-state index contributed by atoms with van der Waals surface area (Å²) in [6, 6.07) is 10.4. The fraction of sp³-hybridized carbons (Fsp3) is 0.667. The number of benzene rings is 1. The molecule has 3 rings (SSSR count). The van der Waals surface area contributed by atoms with Gasteiger partial charge in [-0.15, -0.1) is 12.4 Å². The van der Waals surface area contributed by atoms with Crippen LogP contribution in [0.2, 0.25) is 0 Å². The SMILES string of the molecule is CCN(CC)CCCOC(=O)C1(c2ccccc2)C[C@H]2CC[C@@H]1C2.Cl. The zero-order chi connectivity index (χ0) is 17.0. The second-order valence-corrected chi connectivity index (χ2v) is 7.43. The van der Waals surface area contributed by atoms with Gasteiger partial charge in [-0.2, -0.15) is 0 Å². The van der Waals surface area contributed by atoms with Crippen molar-refractivity contribution in [3.8, 4) is 0 Å². The lowest BCUT2D eigenvalue weighted by Gasteiger charge is -2.36. The van der Waals surface area contributed by atoms with Crippen molar-refractivity contribution in [3.05, 3.63) is 35.9 Å². The maximum Gasteiger partial charge on any atom is 0.316 e. The Morgan fingerprint density at radius 2 is 1.92 bits per heavy atom. The molecule has 2 saturated carbocycles. The van der Waals surface area contributed by atoms with E-state index in [2.05, 4.69) is 43.0 Å². The number of halogens is 1. The molecule has 0 radical (unpaired) electrons. The monoisotopic (exact) mass is 365 g/mol. The standard InChI is InChI=1S/C21H31NO2.ClH/c1-3-22(4-2)13-8-14-24-20(23)21(18-9-6-5-7-10-18)16-17-11-12-19(21)15-17;/h5-7,9-10,17,19H,3-4,8,11-16H2,1-2H3;1H/t17-,19+,21?;/m0./s1. The molecule has 4 heteroatoms. The molecule has 0 N–H and O–H groups in total. The van der Waals surface area contributed by atoms with Gasteiger partial charge in [0.25, 0.3) is 0 Å². The van der Waals surface area contributed by atoms with Gasteiger partial charge in [0.1, 0.15) is 0 Å². The number of rotatable bonds is 8. The minimum Gasteiger partial charge on any atom is -0.465 e. The van der Waals surface area contributed by atoms with E-state index in [-0.39, 0.29) is 23.8 Å². The summed E-state index contributed by atoms with van der Waals surface area (Å²) in [5.74, 6) is 1.21. The third-order valence-electron chi connectivity index (χ3n) is 6.25. The first kappa shape index (κ1) is 20.3. The molecule has 3 atom stereocenters. The Kier molecular flexibility index (Phi) is 7.33. The van der Waals surface area contributed by atoms with Crippen molar-refractivity contribution in [1.29, 1.82) is 0 Å². The largest absolute Gasteiger partial charge is 0.465 e. The molecule has 0 saturated heterocycles. The Morgan fingerprint density at radius 3 is 2.48 bits per heavy atom. The third-order valence-corrected chi connectivity index (χ3v) is 6.25. The second kappa shape index (κ2) is 9.05. The molecule has 2 aliphatic rings. The average Bonchev–Trinajstić information content (AvgIpc) is 3.24. The first-order valence-corrected chi connectivity index (χ1v) is 9.65. The van der Waals surface area contributed by atoms with Gasteiger partial charge >= 0.3 is 5.97 Å². The van der Waals surface area contributed by atoms with E-state index < -0.39 is 0 Å². The molecule has 2 fully saturated rings. The van der Waals surface area contributed by atoms with E-state index in [0.29, 0.717) is 18.4 Å². The van der Waals surface area contributed by atoms with Crippen LogP contribution in [0, 0.1) is 11.8 Å². The molecule has 2 aliphatic carbocycles. The summed E-state index contributed by atoms with van der Waals surface area (Å²) >= 11 is 0. The van der Waals surface area contributed by atoms with E-state index >= 15 is 0 Å². The van der Waals surface area contributed by atoms with Crippen LogP contribution in [0.3, 0.4) is 0 Å². The molecule has 1 unspecified atom stereocenters. The van der Waals surface area contributed by atoms with E-state index in [4.69, 9.17) is 4.74 Å². The molecule has 0 aliphatic heterocycles. The molecule has 1 aromatic carbocycles. The Balaban J connectivity index is 0.00000225. The van der Waals surface area contributed by atoms with Crippen LogP contribution in [0.5, 0.6) is 0 Å². The van der Waals surface area contributed by atoms with E-state index in [0.717, 1.165) is 32.5 Å². The van der Waals surface area contributed by atoms with Gasteiger partial charge in [-0.1, -0.05) is 50.6 Å². The van der Waals surface area contributed by atoms with Crippen molar-refractivity contribution in [3.63, 3.8) is 0 Å². The number of ether oxygens (including phenoxy) is 1. The summed E-state index contributed by atoms with van der Waals surface area (Å²) in [4.78, 5) is 15.5. The lowest BCUT2D eigenvalue weighted by Crippen LogP contribution is -2.42. The highest BCUT2D eigenvalue weighted by Gasteiger charge is 2.57. The van der Waals surface area contributed by atoms with E-state index in [1.54, 1.807) is 0 Å². The number of nitrogens with zero attached hydrogens (tertiary/aromatic N) is 1. The highest BCUT2D eigenvalue weighted by molar-refractivity contribution is 5.85. The zero-order valence-electron chi connectivity index (χ0n) is 15.6. The molecule has 1 aromatic rings. The van der Waals surface area contributed by atoms with Crippen LogP contribution < -0.4 is 0 Å². The van der Waals surface area contributed by atoms with Gasteiger partial charge in [0.05, 0.1) is 12.0 Å². The van der Waals surface area contributed by atoms with Crippen LogP contribution >= 0.6 is 12.4 Å². The lowest BCUT2D eigenvalue weighted by atomic mass is 9.68. The average molecular weight is 366 g/mol. The molecule has 25 heavy (non-hydrogen) atoms. The summed E-state index contributed by atoms with van der Waals surface area (Å²) in [5.41, 5.74) is 0.797. The zero-order valence-corrected chi connectivity index (χ0v) is 16.4. The number of hydrogen-bond acceptors (Lipinski definition) is 3. The second-order valence-electron chi connectivity index (χ2n) is 7.43. The van der Waals surface area contributed by atoms with Gasteiger partial charge < -0.3 is 9.64 Å². The first-order valence-electron chi connectivity index (χ1n) is 9.65. The summed E-state index contributed by atoms with van der Waals surface area (Å²) < 4.78 is 5.81. The van der Waals surface area contributed by atoms with E-state index in [1.165, 1.54) is 24.8 Å². The molecule has 2 bridgehead atoms. The maximum absolute atomic E-state index is 13.1. The fourth-order valence-corrected chi connectivity index (χ4v) is 4.91. The molecule has 0 amide bonds. The van der Waals surface area contributed by atoms with Gasteiger partial charge in [-0.05, 0) is 56.2 Å². The van der Waals surface area contributed by atoms with Crippen LogP contribution in [0.25, 0.3) is 0 Å². The van der Waals surface area contributed by atoms with Crippen molar-refractivity contribution in [2.45, 2.75) is 51.4 Å². The molecule has 140 valence electrons. The number of hydrogen-bond donors (Lipinski definition) is 0. The fourth-order valence-electron chi connectivity index (χ4n) is 4.91. The minimum absolute atomic E-state index is 0.